The van der Waals surface area contributed by atoms with Gasteiger partial charge in [0.1, 0.15) is 0 Å². The van der Waals surface area contributed by atoms with Crippen LogP contribution in [0.1, 0.15) is 19.8 Å². The summed E-state index contributed by atoms with van der Waals surface area (Å²) in [6.07, 6.45) is 4.38. The van der Waals surface area contributed by atoms with Crippen molar-refractivity contribution in [1.29, 1.82) is 0 Å². The molecule has 0 aliphatic rings. The Kier molecular flexibility index (Phi) is 6.92. The summed E-state index contributed by atoms with van der Waals surface area (Å²) in [5.41, 5.74) is 2.14. The Bertz CT molecular complexity index is 302. The molecular formula is C13H20BPS. The second-order valence-corrected chi connectivity index (χ2v) is 7.01. The van der Waals surface area contributed by atoms with E-state index in [2.05, 4.69) is 62.1 Å². The number of hydrogen-bond acceptors (Lipinski definition) is 1. The third kappa shape index (κ3) is 4.76. The van der Waals surface area contributed by atoms with E-state index in [4.69, 9.17) is 0 Å². The summed E-state index contributed by atoms with van der Waals surface area (Å²) in [6, 6.07) is 10.8. The molecule has 0 nitrogen and oxygen atoms in total. The van der Waals surface area contributed by atoms with E-state index < -0.39 is 0 Å². The lowest BCUT2D eigenvalue weighted by molar-refractivity contribution is 0.837. The van der Waals surface area contributed by atoms with Crippen molar-refractivity contribution >= 4 is 31.2 Å². The largest absolute Gasteiger partial charge is 0.266 e. The van der Waals surface area contributed by atoms with E-state index in [0.29, 0.717) is 5.71 Å². The summed E-state index contributed by atoms with van der Waals surface area (Å²) >= 11 is 2.10. The molecule has 0 bridgehead atoms. The number of hydrogen-bond donors (Lipinski definition) is 0. The number of rotatable bonds is 7. The smallest absolute Gasteiger partial charge is 0.194 e. The van der Waals surface area contributed by atoms with Crippen molar-refractivity contribution in [3.05, 3.63) is 43.0 Å². The molecule has 3 heteroatoms. The monoisotopic (exact) mass is 250 g/mol. The predicted octanol–water partition coefficient (Wildman–Crippen LogP) is 3.78. The van der Waals surface area contributed by atoms with Crippen molar-refractivity contribution in [3.8, 4) is 0 Å². The molecule has 0 saturated heterocycles. The van der Waals surface area contributed by atoms with Crippen molar-refractivity contribution in [2.75, 3.05) is 6.66 Å². The van der Waals surface area contributed by atoms with Crippen LogP contribution in [0, 0.1) is 0 Å². The molecule has 0 aliphatic carbocycles. The Labute approximate surface area is 106 Å². The van der Waals surface area contributed by atoms with Gasteiger partial charge < -0.3 is 0 Å². The minimum atomic E-state index is 0.668. The molecule has 2 unspecified atom stereocenters. The maximum Gasteiger partial charge on any atom is 0.266 e. The van der Waals surface area contributed by atoms with Gasteiger partial charge in [-0.3, -0.25) is 0 Å². The lowest BCUT2D eigenvalue weighted by atomic mass is 9.93. The molecule has 16 heavy (non-hydrogen) atoms. The first-order valence-corrected chi connectivity index (χ1v) is 8.28. The molecule has 1 aromatic carbocycles. The van der Waals surface area contributed by atoms with Crippen LogP contribution in [-0.4, -0.2) is 17.6 Å². The van der Waals surface area contributed by atoms with Gasteiger partial charge in [0.25, 0.3) is 5.71 Å². The average Bonchev–Trinajstić information content (AvgIpc) is 2.34. The molecule has 0 radical (unpaired) electrons. The van der Waals surface area contributed by atoms with E-state index in [9.17, 15) is 0 Å². The predicted molar refractivity (Wildman–Crippen MR) is 82.6 cm³/mol. The molecule has 0 amide bonds. The summed E-state index contributed by atoms with van der Waals surface area (Å²) in [4.78, 5) is 0. The van der Waals surface area contributed by atoms with E-state index in [-0.39, 0.29) is 0 Å². The highest BCUT2D eigenvalue weighted by Gasteiger charge is 2.17. The molecule has 0 aliphatic heterocycles. The van der Waals surface area contributed by atoms with Crippen LogP contribution >= 0.6 is 20.1 Å². The van der Waals surface area contributed by atoms with Gasteiger partial charge in [-0.15, -0.1) is 15.0 Å². The van der Waals surface area contributed by atoms with Crippen LogP contribution in [0.2, 0.25) is 0 Å². The second-order valence-electron chi connectivity index (χ2n) is 3.89. The van der Waals surface area contributed by atoms with Gasteiger partial charge in [-0.1, -0.05) is 55.5 Å². The lowest BCUT2D eigenvalue weighted by Crippen LogP contribution is -2.24. The first-order valence-electron chi connectivity index (χ1n) is 5.76. The third-order valence-electron chi connectivity index (χ3n) is 2.51. The maximum atomic E-state index is 3.78. The fourth-order valence-corrected chi connectivity index (χ4v) is 4.41. The van der Waals surface area contributed by atoms with Crippen molar-refractivity contribution < 1.29 is 0 Å². The maximum absolute atomic E-state index is 3.78. The van der Waals surface area contributed by atoms with Gasteiger partial charge in [0.05, 0.1) is 0 Å². The van der Waals surface area contributed by atoms with Gasteiger partial charge in [-0.05, 0) is 18.1 Å². The number of benzene rings is 1. The molecule has 0 N–H and O–H groups in total. The lowest BCUT2D eigenvalue weighted by Gasteiger charge is -2.16. The zero-order valence-electron chi connectivity index (χ0n) is 10.1. The Hall–Kier alpha value is -0.195. The van der Waals surface area contributed by atoms with Crippen LogP contribution in [-0.2, 0) is 0 Å². The first-order chi connectivity index (χ1) is 7.77. The van der Waals surface area contributed by atoms with E-state index in [1.54, 1.807) is 0 Å². The van der Waals surface area contributed by atoms with Crippen LogP contribution in [0.15, 0.2) is 43.0 Å². The molecule has 0 saturated carbocycles. The van der Waals surface area contributed by atoms with Crippen LogP contribution in [0.4, 0.5) is 0 Å². The Morgan fingerprint density at radius 2 is 2.12 bits per heavy atom. The fraction of sp³-hybridized carbons (Fsp3) is 0.385. The van der Waals surface area contributed by atoms with Gasteiger partial charge in [0, 0.05) is 0 Å². The molecule has 86 valence electrons. The minimum Gasteiger partial charge on any atom is -0.194 e. The second kappa shape index (κ2) is 7.98. The van der Waals surface area contributed by atoms with E-state index in [1.165, 1.54) is 11.9 Å². The normalized spacial score (nSPS) is 12.9. The first kappa shape index (κ1) is 13.9. The van der Waals surface area contributed by atoms with Crippen molar-refractivity contribution in [2.24, 2.45) is 0 Å². The standard InChI is InChI=1S/C13H20BPS/c1-4-5-9-12(2)16-14(15-3)13-10-7-6-8-11-13/h4,6-8,10-12,15H,1,5,9H2,2-3H3. The molecule has 0 heterocycles. The Balaban J connectivity index is 2.52. The van der Waals surface area contributed by atoms with Crippen LogP contribution in [0.25, 0.3) is 0 Å². The Morgan fingerprint density at radius 1 is 1.44 bits per heavy atom. The average molecular weight is 250 g/mol. The highest BCUT2D eigenvalue weighted by atomic mass is 32.2. The molecule has 2 atom stereocenters. The van der Waals surface area contributed by atoms with Crippen molar-refractivity contribution in [2.45, 2.75) is 25.0 Å². The highest BCUT2D eigenvalue weighted by molar-refractivity contribution is 8.40. The van der Waals surface area contributed by atoms with E-state index >= 15 is 0 Å². The molecule has 0 fully saturated rings. The highest BCUT2D eigenvalue weighted by Crippen LogP contribution is 2.27. The quantitative estimate of drug-likeness (QED) is 0.403. The Morgan fingerprint density at radius 3 is 2.69 bits per heavy atom. The van der Waals surface area contributed by atoms with Gasteiger partial charge in [-0.2, -0.15) is 11.6 Å². The van der Waals surface area contributed by atoms with Gasteiger partial charge in [0.2, 0.25) is 0 Å². The summed E-state index contributed by atoms with van der Waals surface area (Å²) in [5.74, 6) is 0. The fourth-order valence-electron chi connectivity index (χ4n) is 1.59. The van der Waals surface area contributed by atoms with Crippen molar-refractivity contribution in [1.82, 2.24) is 0 Å². The molecular weight excluding hydrogens is 230 g/mol. The minimum absolute atomic E-state index is 0.668. The van der Waals surface area contributed by atoms with Crippen LogP contribution < -0.4 is 5.46 Å². The molecule has 1 aromatic rings. The van der Waals surface area contributed by atoms with Gasteiger partial charge in [0.15, 0.2) is 0 Å². The zero-order valence-corrected chi connectivity index (χ0v) is 12.0. The summed E-state index contributed by atoms with van der Waals surface area (Å²) < 4.78 is 0. The zero-order chi connectivity index (χ0) is 11.8. The summed E-state index contributed by atoms with van der Waals surface area (Å²) in [7, 11) is 0.961. The van der Waals surface area contributed by atoms with Gasteiger partial charge >= 0.3 is 0 Å². The summed E-state index contributed by atoms with van der Waals surface area (Å²) in [6.45, 7) is 8.40. The SMILES string of the molecule is C=CCCC(C)SB(PC)c1ccccc1. The molecule has 0 aromatic heterocycles. The van der Waals surface area contributed by atoms with E-state index in [0.717, 1.165) is 20.1 Å². The van der Waals surface area contributed by atoms with E-state index in [1.807, 2.05) is 6.08 Å². The van der Waals surface area contributed by atoms with Crippen molar-refractivity contribution in [3.63, 3.8) is 0 Å². The van der Waals surface area contributed by atoms with Crippen LogP contribution in [0.5, 0.6) is 0 Å². The topological polar surface area (TPSA) is 0 Å². The number of allylic oxidation sites excluding steroid dienone is 1. The third-order valence-corrected chi connectivity index (χ3v) is 5.73. The molecule has 1 rings (SSSR count). The summed E-state index contributed by atoms with van der Waals surface area (Å²) in [5, 5.41) is 0.718. The van der Waals surface area contributed by atoms with Crippen LogP contribution in [0.3, 0.4) is 0 Å². The van der Waals surface area contributed by atoms with Gasteiger partial charge in [-0.25, -0.2) is 0 Å². The molecule has 0 spiro atoms.